The number of aromatic nitrogens is 3. The van der Waals surface area contributed by atoms with Gasteiger partial charge in [-0.25, -0.2) is 0 Å². The first-order valence-corrected chi connectivity index (χ1v) is 13.6. The van der Waals surface area contributed by atoms with Crippen molar-refractivity contribution in [3.8, 4) is 0 Å². The molecule has 0 radical (unpaired) electrons. The minimum atomic E-state index is -0.833. The van der Waals surface area contributed by atoms with Crippen LogP contribution in [0, 0.1) is 0 Å². The molecule has 0 atom stereocenters. The quantitative estimate of drug-likeness (QED) is 0.113. The van der Waals surface area contributed by atoms with Crippen molar-refractivity contribution in [2.45, 2.75) is 19.3 Å². The summed E-state index contributed by atoms with van der Waals surface area (Å²) >= 11 is 17.4. The molecule has 0 spiro atoms. The molecule has 12 heteroatoms. The molecular formula is C30H24Cl3N3O6. The van der Waals surface area contributed by atoms with Gasteiger partial charge in [0.05, 0.1) is 19.3 Å². The molecule has 0 fully saturated rings. The molecule has 3 aromatic carbocycles. The maximum Gasteiger partial charge on any atom is 0.307 e. The van der Waals surface area contributed by atoms with Crippen molar-refractivity contribution in [3.05, 3.63) is 105 Å². The second-order valence-corrected chi connectivity index (χ2v) is 10.5. The van der Waals surface area contributed by atoms with Crippen LogP contribution in [0.2, 0.25) is 15.1 Å². The molecule has 9 nitrogen and oxygen atoms in total. The highest BCUT2D eigenvalue weighted by molar-refractivity contribution is 6.32. The van der Waals surface area contributed by atoms with Crippen molar-refractivity contribution in [2.75, 3.05) is 0 Å². The molecule has 0 aliphatic rings. The Hall–Kier alpha value is -4.44. The lowest BCUT2D eigenvalue weighted by molar-refractivity contribution is -0.137. The van der Waals surface area contributed by atoms with Gasteiger partial charge in [-0.3, -0.25) is 14.4 Å². The highest BCUT2D eigenvalue weighted by Crippen LogP contribution is 2.24. The zero-order valence-electron chi connectivity index (χ0n) is 21.7. The molecule has 0 saturated carbocycles. The molecule has 0 bridgehead atoms. The van der Waals surface area contributed by atoms with Gasteiger partial charge in [0.15, 0.2) is 0 Å². The fourth-order valence-electron chi connectivity index (χ4n) is 4.40. The highest BCUT2D eigenvalue weighted by atomic mass is 35.5. The maximum atomic E-state index is 10.5. The molecule has 6 aromatic rings. The SMILES string of the molecule is O=C(O)Cc1c[nH]c2cc(Cl)ccc12.O=C(O)Cc1c[nH]c2cc(Cl)ccc12.O=C(O)Cc1c[nH]c2cc(Cl)ccc12. The average Bonchev–Trinajstić information content (AvgIpc) is 3.61. The van der Waals surface area contributed by atoms with E-state index in [2.05, 4.69) is 15.0 Å². The number of rotatable bonds is 6. The summed E-state index contributed by atoms with van der Waals surface area (Å²) < 4.78 is 0. The highest BCUT2D eigenvalue weighted by Gasteiger charge is 2.09. The van der Waals surface area contributed by atoms with Crippen molar-refractivity contribution in [3.63, 3.8) is 0 Å². The Morgan fingerprint density at radius 2 is 0.762 bits per heavy atom. The minimum absolute atomic E-state index is 0.0294. The molecule has 0 aliphatic heterocycles. The molecule has 0 unspecified atom stereocenters. The summed E-state index contributed by atoms with van der Waals surface area (Å²) in [6.07, 6.45) is 5.20. The van der Waals surface area contributed by atoms with Crippen molar-refractivity contribution in [1.29, 1.82) is 0 Å². The molecule has 216 valence electrons. The van der Waals surface area contributed by atoms with Crippen LogP contribution >= 0.6 is 34.8 Å². The van der Waals surface area contributed by atoms with Crippen molar-refractivity contribution in [1.82, 2.24) is 15.0 Å². The van der Waals surface area contributed by atoms with Crippen molar-refractivity contribution >= 4 is 85.4 Å². The number of fused-ring (bicyclic) bond motifs is 3. The molecule has 6 rings (SSSR count). The predicted molar refractivity (Wildman–Crippen MR) is 164 cm³/mol. The molecule has 3 heterocycles. The lowest BCUT2D eigenvalue weighted by Gasteiger charge is -1.94. The van der Waals surface area contributed by atoms with Gasteiger partial charge >= 0.3 is 17.9 Å². The van der Waals surface area contributed by atoms with Crippen LogP contribution in [-0.4, -0.2) is 48.2 Å². The maximum absolute atomic E-state index is 10.5. The second kappa shape index (κ2) is 13.5. The van der Waals surface area contributed by atoms with Gasteiger partial charge < -0.3 is 30.3 Å². The van der Waals surface area contributed by atoms with E-state index in [0.29, 0.717) is 15.1 Å². The van der Waals surface area contributed by atoms with Gasteiger partial charge in [0.25, 0.3) is 0 Å². The van der Waals surface area contributed by atoms with E-state index in [9.17, 15) is 14.4 Å². The van der Waals surface area contributed by atoms with Gasteiger partial charge in [-0.2, -0.15) is 0 Å². The number of nitrogens with one attached hydrogen (secondary N) is 3. The number of hydrogen-bond acceptors (Lipinski definition) is 3. The van der Waals surface area contributed by atoms with Crippen LogP contribution in [0.15, 0.2) is 73.2 Å². The molecule has 3 aromatic heterocycles. The Morgan fingerprint density at radius 1 is 0.500 bits per heavy atom. The Labute approximate surface area is 253 Å². The topological polar surface area (TPSA) is 159 Å². The minimum Gasteiger partial charge on any atom is -0.481 e. The van der Waals surface area contributed by atoms with Crippen LogP contribution in [0.4, 0.5) is 0 Å². The van der Waals surface area contributed by atoms with Crippen LogP contribution in [0.3, 0.4) is 0 Å². The summed E-state index contributed by atoms with van der Waals surface area (Å²) in [5, 5.41) is 30.6. The Kier molecular flexibility index (Phi) is 9.80. The van der Waals surface area contributed by atoms with Gasteiger partial charge in [-0.1, -0.05) is 53.0 Å². The van der Waals surface area contributed by atoms with E-state index in [1.807, 2.05) is 18.2 Å². The van der Waals surface area contributed by atoms with E-state index in [-0.39, 0.29) is 19.3 Å². The normalized spacial score (nSPS) is 10.6. The van der Waals surface area contributed by atoms with Crippen molar-refractivity contribution < 1.29 is 29.7 Å². The van der Waals surface area contributed by atoms with Crippen LogP contribution in [0.5, 0.6) is 0 Å². The summed E-state index contributed by atoms with van der Waals surface area (Å²) in [4.78, 5) is 40.6. The number of carbonyl (C=O) groups is 3. The number of aromatic amines is 3. The molecule has 0 amide bonds. The first-order chi connectivity index (χ1) is 20.0. The molecule has 0 aliphatic carbocycles. The summed E-state index contributed by atoms with van der Waals surface area (Å²) in [5.74, 6) is -2.50. The third-order valence-corrected chi connectivity index (χ3v) is 6.92. The fourth-order valence-corrected chi connectivity index (χ4v) is 4.92. The molecular weight excluding hydrogens is 605 g/mol. The van der Waals surface area contributed by atoms with Crippen LogP contribution < -0.4 is 0 Å². The molecule has 0 saturated heterocycles. The summed E-state index contributed by atoms with van der Waals surface area (Å²) in [7, 11) is 0. The van der Waals surface area contributed by atoms with Gasteiger partial charge in [0.1, 0.15) is 0 Å². The third kappa shape index (κ3) is 7.85. The van der Waals surface area contributed by atoms with Gasteiger partial charge in [-0.15, -0.1) is 0 Å². The van der Waals surface area contributed by atoms with E-state index in [0.717, 1.165) is 49.4 Å². The van der Waals surface area contributed by atoms with Gasteiger partial charge in [0, 0.05) is 66.4 Å². The Bertz CT molecular complexity index is 1690. The smallest absolute Gasteiger partial charge is 0.307 e. The van der Waals surface area contributed by atoms with Gasteiger partial charge in [0.2, 0.25) is 0 Å². The molecule has 6 N–H and O–H groups in total. The summed E-state index contributed by atoms with van der Waals surface area (Å²) in [6.45, 7) is 0. The Balaban J connectivity index is 0.000000145. The first-order valence-electron chi connectivity index (χ1n) is 12.4. The number of aliphatic carboxylic acids is 3. The number of H-pyrrole nitrogens is 3. The third-order valence-electron chi connectivity index (χ3n) is 6.21. The zero-order chi connectivity index (χ0) is 30.4. The first kappa shape index (κ1) is 30.5. The van der Waals surface area contributed by atoms with E-state index < -0.39 is 17.9 Å². The van der Waals surface area contributed by atoms with E-state index in [1.54, 1.807) is 55.0 Å². The van der Waals surface area contributed by atoms with E-state index in [4.69, 9.17) is 50.1 Å². The molecule has 42 heavy (non-hydrogen) atoms. The largest absolute Gasteiger partial charge is 0.481 e. The monoisotopic (exact) mass is 627 g/mol. The number of halogens is 3. The summed E-state index contributed by atoms with van der Waals surface area (Å²) in [5.41, 5.74) is 4.95. The Morgan fingerprint density at radius 3 is 1.00 bits per heavy atom. The number of benzene rings is 3. The number of carboxylic acid groups (broad SMARTS) is 3. The number of carboxylic acids is 3. The van der Waals surface area contributed by atoms with E-state index in [1.165, 1.54) is 0 Å². The number of hydrogen-bond donors (Lipinski definition) is 6. The second-order valence-electron chi connectivity index (χ2n) is 9.22. The standard InChI is InChI=1S/3C10H8ClNO2/c3*11-7-1-2-8-6(3-10(13)14)5-12-9(8)4-7/h3*1-2,4-5,12H,3H2,(H,13,14). The zero-order valence-corrected chi connectivity index (χ0v) is 24.0. The van der Waals surface area contributed by atoms with Crippen LogP contribution in [0.25, 0.3) is 32.7 Å². The summed E-state index contributed by atoms with van der Waals surface area (Å²) in [6, 6.07) is 16.1. The van der Waals surface area contributed by atoms with Crippen LogP contribution in [-0.2, 0) is 33.6 Å². The van der Waals surface area contributed by atoms with Crippen LogP contribution in [0.1, 0.15) is 16.7 Å². The predicted octanol–water partition coefficient (Wildman–Crippen LogP) is 7.35. The van der Waals surface area contributed by atoms with Crippen molar-refractivity contribution in [2.24, 2.45) is 0 Å². The van der Waals surface area contributed by atoms with Gasteiger partial charge in [-0.05, 0) is 53.1 Å². The van der Waals surface area contributed by atoms with E-state index >= 15 is 0 Å². The lowest BCUT2D eigenvalue weighted by Crippen LogP contribution is -1.98. The fraction of sp³-hybridized carbons (Fsp3) is 0.100. The lowest BCUT2D eigenvalue weighted by atomic mass is 10.1. The average molecular weight is 629 g/mol.